The summed E-state index contributed by atoms with van der Waals surface area (Å²) in [4.78, 5) is 28.5. The van der Waals surface area contributed by atoms with Gasteiger partial charge >= 0.3 is 0 Å². The van der Waals surface area contributed by atoms with Crippen LogP contribution in [0.3, 0.4) is 0 Å². The number of hydrogen-bond donors (Lipinski definition) is 1. The number of fused-ring (bicyclic) bond motifs is 1. The summed E-state index contributed by atoms with van der Waals surface area (Å²) in [6.07, 6.45) is 1.13. The van der Waals surface area contributed by atoms with Gasteiger partial charge in [0.05, 0.1) is 11.9 Å². The van der Waals surface area contributed by atoms with Crippen molar-refractivity contribution in [3.05, 3.63) is 89.7 Å². The Hall–Kier alpha value is -4.12. The van der Waals surface area contributed by atoms with Crippen molar-refractivity contribution in [2.45, 2.75) is 25.9 Å². The van der Waals surface area contributed by atoms with E-state index in [1.54, 1.807) is 19.1 Å². The van der Waals surface area contributed by atoms with Crippen molar-refractivity contribution < 1.29 is 31.9 Å². The van der Waals surface area contributed by atoms with Crippen LogP contribution < -0.4 is 19.1 Å². The Balaban J connectivity index is 1.72. The number of nitrogens with zero attached hydrogens (tertiary/aromatic N) is 2. The molecule has 1 heterocycles. The Kier molecular flexibility index (Phi) is 8.70. The third-order valence-electron chi connectivity index (χ3n) is 6.24. The summed E-state index contributed by atoms with van der Waals surface area (Å²) >= 11 is 0. The average molecular weight is 556 g/mol. The number of benzene rings is 3. The van der Waals surface area contributed by atoms with E-state index in [0.717, 1.165) is 16.1 Å². The largest absolute Gasteiger partial charge is 0.454 e. The number of likely N-dealkylation sites (N-methyl/N-ethyl adjacent to an activating group) is 1. The molecule has 9 nitrogen and oxygen atoms in total. The number of amides is 2. The summed E-state index contributed by atoms with van der Waals surface area (Å²) in [5.74, 6) is -0.839. The Morgan fingerprint density at radius 1 is 1.00 bits per heavy atom. The van der Waals surface area contributed by atoms with E-state index in [4.69, 9.17) is 9.47 Å². The predicted octanol–water partition coefficient (Wildman–Crippen LogP) is 3.10. The third kappa shape index (κ3) is 6.85. The van der Waals surface area contributed by atoms with Gasteiger partial charge in [0.1, 0.15) is 18.4 Å². The molecule has 0 radical (unpaired) electrons. The number of ether oxygens (including phenoxy) is 2. The van der Waals surface area contributed by atoms with Crippen LogP contribution in [-0.2, 0) is 32.6 Å². The molecule has 0 saturated heterocycles. The molecular weight excluding hydrogens is 525 g/mol. The Morgan fingerprint density at radius 2 is 1.69 bits per heavy atom. The minimum atomic E-state index is -3.95. The lowest BCUT2D eigenvalue weighted by Crippen LogP contribution is -2.53. The van der Waals surface area contributed by atoms with Gasteiger partial charge < -0.3 is 19.7 Å². The summed E-state index contributed by atoms with van der Waals surface area (Å²) in [6, 6.07) is 18.6. The first kappa shape index (κ1) is 27.9. The minimum absolute atomic E-state index is 0.000710. The second-order valence-electron chi connectivity index (χ2n) is 9.02. The number of halogens is 1. The third-order valence-corrected chi connectivity index (χ3v) is 7.38. The van der Waals surface area contributed by atoms with Crippen molar-refractivity contribution in [1.82, 2.24) is 10.2 Å². The van der Waals surface area contributed by atoms with Crippen molar-refractivity contribution in [3.63, 3.8) is 0 Å². The fourth-order valence-electron chi connectivity index (χ4n) is 4.31. The number of anilines is 1. The molecule has 3 aromatic rings. The fourth-order valence-corrected chi connectivity index (χ4v) is 5.15. The van der Waals surface area contributed by atoms with Gasteiger partial charge in [0.25, 0.3) is 0 Å². The van der Waals surface area contributed by atoms with Gasteiger partial charge in [0.15, 0.2) is 11.5 Å². The van der Waals surface area contributed by atoms with Crippen molar-refractivity contribution in [2.24, 2.45) is 0 Å². The zero-order valence-corrected chi connectivity index (χ0v) is 22.5. The predicted molar refractivity (Wildman–Crippen MR) is 144 cm³/mol. The lowest BCUT2D eigenvalue weighted by molar-refractivity contribution is -0.140. The van der Waals surface area contributed by atoms with Crippen molar-refractivity contribution >= 4 is 27.5 Å². The maximum atomic E-state index is 14.7. The molecule has 1 aliphatic heterocycles. The van der Waals surface area contributed by atoms with E-state index in [0.29, 0.717) is 18.0 Å². The van der Waals surface area contributed by atoms with E-state index in [2.05, 4.69) is 5.32 Å². The molecular formula is C28H30FN3O6S. The number of nitrogens with one attached hydrogen (secondary N) is 1. The van der Waals surface area contributed by atoms with Gasteiger partial charge in [-0.1, -0.05) is 48.5 Å². The molecule has 0 fully saturated rings. The lowest BCUT2D eigenvalue weighted by atomic mass is 10.0. The highest BCUT2D eigenvalue weighted by Gasteiger charge is 2.33. The second kappa shape index (κ2) is 12.2. The van der Waals surface area contributed by atoms with Gasteiger partial charge in [-0.25, -0.2) is 12.8 Å². The summed E-state index contributed by atoms with van der Waals surface area (Å²) < 4.78 is 52.0. The molecule has 0 spiro atoms. The van der Waals surface area contributed by atoms with E-state index < -0.39 is 40.2 Å². The lowest BCUT2D eigenvalue weighted by Gasteiger charge is -2.33. The van der Waals surface area contributed by atoms with Crippen LogP contribution in [0.4, 0.5) is 10.1 Å². The Labute approximate surface area is 227 Å². The first-order valence-corrected chi connectivity index (χ1v) is 14.2. The molecule has 39 heavy (non-hydrogen) atoms. The molecule has 1 atom stereocenters. The molecule has 206 valence electrons. The molecule has 0 unspecified atom stereocenters. The number of carbonyl (C=O) groups excluding carboxylic acids is 2. The van der Waals surface area contributed by atoms with Crippen LogP contribution >= 0.6 is 0 Å². The normalized spacial score (nSPS) is 13.0. The fraction of sp³-hybridized carbons (Fsp3) is 0.286. The summed E-state index contributed by atoms with van der Waals surface area (Å²) in [5.41, 5.74) is 1.18. The van der Waals surface area contributed by atoms with Crippen LogP contribution in [0.5, 0.6) is 11.5 Å². The molecule has 0 saturated carbocycles. The van der Waals surface area contributed by atoms with Crippen LogP contribution in [0.25, 0.3) is 0 Å². The molecule has 0 aliphatic carbocycles. The van der Waals surface area contributed by atoms with Crippen LogP contribution in [0.15, 0.2) is 72.8 Å². The first-order valence-electron chi connectivity index (χ1n) is 12.4. The molecule has 1 aliphatic rings. The van der Waals surface area contributed by atoms with E-state index in [1.165, 1.54) is 35.2 Å². The van der Waals surface area contributed by atoms with Crippen LogP contribution in [-0.4, -0.2) is 57.3 Å². The van der Waals surface area contributed by atoms with Gasteiger partial charge in [-0.3, -0.25) is 13.9 Å². The van der Waals surface area contributed by atoms with E-state index in [-0.39, 0.29) is 31.0 Å². The topological polar surface area (TPSA) is 105 Å². The maximum Gasteiger partial charge on any atom is 0.244 e. The summed E-state index contributed by atoms with van der Waals surface area (Å²) in [6.45, 7) is 1.22. The Bertz CT molecular complexity index is 1430. The number of hydrogen-bond acceptors (Lipinski definition) is 6. The van der Waals surface area contributed by atoms with Gasteiger partial charge in [-0.05, 0) is 30.7 Å². The van der Waals surface area contributed by atoms with E-state index in [1.807, 2.05) is 30.3 Å². The van der Waals surface area contributed by atoms with Crippen LogP contribution in [0.1, 0.15) is 18.1 Å². The number of carbonyl (C=O) groups is 2. The van der Waals surface area contributed by atoms with Gasteiger partial charge in [-0.15, -0.1) is 0 Å². The highest BCUT2D eigenvalue weighted by Crippen LogP contribution is 2.36. The van der Waals surface area contributed by atoms with E-state index >= 15 is 0 Å². The standard InChI is InChI=1S/C28H30FN3O6S/c1-3-30-28(34)24(15-20-9-5-4-6-10-20)31(17-21-11-7-8-12-23(21)29)27(33)18-32(39(2,35)36)22-13-14-25-26(16-22)38-19-37-25/h4-14,16,24H,3,15,17-19H2,1-2H3,(H,30,34)/t24-/m0/s1. The zero-order chi connectivity index (χ0) is 28.0. The first-order chi connectivity index (χ1) is 18.7. The van der Waals surface area contributed by atoms with Crippen molar-refractivity contribution in [1.29, 1.82) is 0 Å². The smallest absolute Gasteiger partial charge is 0.244 e. The van der Waals surface area contributed by atoms with Gasteiger partial charge in [-0.2, -0.15) is 0 Å². The SMILES string of the molecule is CCNC(=O)[C@H](Cc1ccccc1)N(Cc1ccccc1F)C(=O)CN(c1ccc2c(c1)OCO2)S(C)(=O)=O. The van der Waals surface area contributed by atoms with Gasteiger partial charge in [0, 0.05) is 31.1 Å². The molecule has 1 N–H and O–H groups in total. The van der Waals surface area contributed by atoms with Gasteiger partial charge in [0.2, 0.25) is 28.6 Å². The summed E-state index contributed by atoms with van der Waals surface area (Å²) in [5, 5.41) is 2.76. The average Bonchev–Trinajstić information content (AvgIpc) is 3.38. The number of rotatable bonds is 11. The monoisotopic (exact) mass is 555 g/mol. The second-order valence-corrected chi connectivity index (χ2v) is 10.9. The molecule has 0 bridgehead atoms. The molecule has 2 amide bonds. The zero-order valence-electron chi connectivity index (χ0n) is 21.7. The van der Waals surface area contributed by atoms with E-state index in [9.17, 15) is 22.4 Å². The van der Waals surface area contributed by atoms with Crippen LogP contribution in [0.2, 0.25) is 0 Å². The molecule has 4 rings (SSSR count). The molecule has 3 aromatic carbocycles. The maximum absolute atomic E-state index is 14.7. The molecule has 0 aromatic heterocycles. The minimum Gasteiger partial charge on any atom is -0.454 e. The summed E-state index contributed by atoms with van der Waals surface area (Å²) in [7, 11) is -3.95. The highest BCUT2D eigenvalue weighted by atomic mass is 32.2. The van der Waals surface area contributed by atoms with Crippen molar-refractivity contribution in [2.75, 3.05) is 30.4 Å². The van der Waals surface area contributed by atoms with Crippen molar-refractivity contribution in [3.8, 4) is 11.5 Å². The highest BCUT2D eigenvalue weighted by molar-refractivity contribution is 7.92. The van der Waals surface area contributed by atoms with Crippen LogP contribution in [0, 0.1) is 5.82 Å². The Morgan fingerprint density at radius 3 is 2.38 bits per heavy atom. The molecule has 11 heteroatoms. The quantitative estimate of drug-likeness (QED) is 0.390. The number of sulfonamides is 1.